The van der Waals surface area contributed by atoms with Crippen LogP contribution in [0.15, 0.2) is 24.3 Å². The van der Waals surface area contributed by atoms with Gasteiger partial charge in [-0.05, 0) is 18.4 Å². The third-order valence-electron chi connectivity index (χ3n) is 4.17. The molecule has 1 unspecified atom stereocenters. The number of hydrogen-bond acceptors (Lipinski definition) is 2. The molecule has 0 heterocycles. The second kappa shape index (κ2) is 3.42. The monoisotopic (exact) mass is 216 g/mol. The molecule has 1 saturated carbocycles. The van der Waals surface area contributed by atoms with E-state index in [0.29, 0.717) is 5.78 Å². The molecule has 2 heteroatoms. The number of benzene rings is 1. The summed E-state index contributed by atoms with van der Waals surface area (Å²) in [6, 6.07) is 7.91. The Labute approximate surface area is 95.6 Å². The fraction of sp³-hybridized carbons (Fsp3) is 0.500. The van der Waals surface area contributed by atoms with Gasteiger partial charge in [-0.15, -0.1) is 0 Å². The number of carbonyl (C=O) groups is 1. The van der Waals surface area contributed by atoms with Crippen LogP contribution in [-0.2, 0) is 4.74 Å². The lowest BCUT2D eigenvalue weighted by molar-refractivity contribution is 0.00712. The molecule has 2 aliphatic rings. The number of ether oxygens (including phenoxy) is 1. The molecule has 0 bridgehead atoms. The fourth-order valence-corrected chi connectivity index (χ4v) is 3.47. The Morgan fingerprint density at radius 1 is 1.25 bits per heavy atom. The number of ketones is 1. The average molecular weight is 216 g/mol. The molecule has 1 fully saturated rings. The van der Waals surface area contributed by atoms with Gasteiger partial charge in [0.15, 0.2) is 5.78 Å². The molecule has 1 aromatic carbocycles. The highest BCUT2D eigenvalue weighted by Gasteiger charge is 2.54. The Balaban J connectivity index is 2.15. The molecule has 2 nitrogen and oxygen atoms in total. The fourth-order valence-electron chi connectivity index (χ4n) is 3.47. The first kappa shape index (κ1) is 10.0. The van der Waals surface area contributed by atoms with E-state index in [-0.39, 0.29) is 11.5 Å². The zero-order valence-electron chi connectivity index (χ0n) is 9.53. The van der Waals surface area contributed by atoms with Crippen LogP contribution in [0, 0.1) is 5.41 Å². The van der Waals surface area contributed by atoms with E-state index in [9.17, 15) is 4.79 Å². The quantitative estimate of drug-likeness (QED) is 0.721. The first-order valence-corrected chi connectivity index (χ1v) is 5.96. The molecule has 84 valence electrons. The summed E-state index contributed by atoms with van der Waals surface area (Å²) in [5.74, 6) is 0.312. The summed E-state index contributed by atoms with van der Waals surface area (Å²) >= 11 is 0. The van der Waals surface area contributed by atoms with Gasteiger partial charge >= 0.3 is 0 Å². The molecule has 2 aliphatic carbocycles. The lowest BCUT2D eigenvalue weighted by atomic mass is 9.80. The van der Waals surface area contributed by atoms with Gasteiger partial charge in [-0.3, -0.25) is 4.79 Å². The zero-order valence-corrected chi connectivity index (χ0v) is 9.53. The molecule has 3 rings (SSSR count). The summed E-state index contributed by atoms with van der Waals surface area (Å²) in [5, 5.41) is 0. The van der Waals surface area contributed by atoms with Crippen molar-refractivity contribution in [1.82, 2.24) is 0 Å². The predicted octanol–water partition coefficient (Wildman–Crippen LogP) is 3.13. The Kier molecular flexibility index (Phi) is 2.15. The first-order chi connectivity index (χ1) is 7.79. The van der Waals surface area contributed by atoms with Crippen molar-refractivity contribution in [2.45, 2.75) is 31.8 Å². The number of fused-ring (bicyclic) bond motifs is 1. The van der Waals surface area contributed by atoms with E-state index in [1.54, 1.807) is 7.11 Å². The van der Waals surface area contributed by atoms with Crippen LogP contribution in [0.3, 0.4) is 0 Å². The number of carbonyl (C=O) groups excluding carboxylic acids is 1. The number of methoxy groups -OCH3 is 1. The Hall–Kier alpha value is -1.15. The number of Topliss-reactive ketones (excluding diaryl/α,β-unsaturated/α-hetero) is 1. The topological polar surface area (TPSA) is 26.3 Å². The van der Waals surface area contributed by atoms with Gasteiger partial charge in [0.05, 0.1) is 11.5 Å². The minimum Gasteiger partial charge on any atom is -0.376 e. The molecule has 0 aliphatic heterocycles. The molecular formula is C14H16O2. The third-order valence-corrected chi connectivity index (χ3v) is 4.17. The molecule has 0 aromatic heterocycles. The van der Waals surface area contributed by atoms with E-state index in [1.165, 1.54) is 0 Å². The molecule has 0 saturated heterocycles. The Morgan fingerprint density at radius 3 is 2.62 bits per heavy atom. The highest BCUT2D eigenvalue weighted by molar-refractivity contribution is 6.05. The van der Waals surface area contributed by atoms with E-state index >= 15 is 0 Å². The molecule has 0 amide bonds. The van der Waals surface area contributed by atoms with Gasteiger partial charge in [-0.2, -0.15) is 0 Å². The SMILES string of the molecule is COC1c2ccccc2C(=O)C12CCCC2. The summed E-state index contributed by atoms with van der Waals surface area (Å²) in [4.78, 5) is 12.5. The van der Waals surface area contributed by atoms with Crippen molar-refractivity contribution in [3.05, 3.63) is 35.4 Å². The summed E-state index contributed by atoms with van der Waals surface area (Å²) < 4.78 is 5.62. The van der Waals surface area contributed by atoms with Crippen LogP contribution in [0.4, 0.5) is 0 Å². The number of rotatable bonds is 1. The van der Waals surface area contributed by atoms with Gasteiger partial charge < -0.3 is 4.74 Å². The van der Waals surface area contributed by atoms with E-state index in [0.717, 1.165) is 36.8 Å². The average Bonchev–Trinajstić information content (AvgIpc) is 2.88. The van der Waals surface area contributed by atoms with Gasteiger partial charge in [0.1, 0.15) is 0 Å². The van der Waals surface area contributed by atoms with Gasteiger partial charge in [0.25, 0.3) is 0 Å². The minimum absolute atomic E-state index is 0.0151. The van der Waals surface area contributed by atoms with Crippen molar-refractivity contribution in [3.8, 4) is 0 Å². The standard InChI is InChI=1S/C14H16O2/c1-16-13-11-7-3-2-6-10(11)12(15)14(13)8-4-5-9-14/h2-3,6-7,13H,4-5,8-9H2,1H3. The van der Waals surface area contributed by atoms with Crippen LogP contribution < -0.4 is 0 Å². The summed E-state index contributed by atoms with van der Waals surface area (Å²) in [6.07, 6.45) is 4.26. The molecule has 1 atom stereocenters. The van der Waals surface area contributed by atoms with Crippen molar-refractivity contribution in [1.29, 1.82) is 0 Å². The summed E-state index contributed by atoms with van der Waals surface area (Å²) in [7, 11) is 1.72. The maximum absolute atomic E-state index is 12.5. The van der Waals surface area contributed by atoms with Crippen molar-refractivity contribution < 1.29 is 9.53 Å². The minimum atomic E-state index is -0.238. The van der Waals surface area contributed by atoms with E-state index in [1.807, 2.05) is 24.3 Å². The predicted molar refractivity (Wildman–Crippen MR) is 61.4 cm³/mol. The Bertz CT molecular complexity index is 430. The van der Waals surface area contributed by atoms with Gasteiger partial charge in [0.2, 0.25) is 0 Å². The van der Waals surface area contributed by atoms with Crippen LogP contribution in [-0.4, -0.2) is 12.9 Å². The molecule has 0 radical (unpaired) electrons. The first-order valence-electron chi connectivity index (χ1n) is 5.96. The van der Waals surface area contributed by atoms with Gasteiger partial charge in [-0.25, -0.2) is 0 Å². The molecule has 1 spiro atoms. The van der Waals surface area contributed by atoms with Crippen molar-refractivity contribution in [2.24, 2.45) is 5.41 Å². The highest BCUT2D eigenvalue weighted by atomic mass is 16.5. The van der Waals surface area contributed by atoms with E-state index in [2.05, 4.69) is 0 Å². The van der Waals surface area contributed by atoms with Crippen LogP contribution in [0.25, 0.3) is 0 Å². The van der Waals surface area contributed by atoms with Gasteiger partial charge in [-0.1, -0.05) is 37.1 Å². The van der Waals surface area contributed by atoms with Crippen molar-refractivity contribution >= 4 is 5.78 Å². The number of hydrogen-bond donors (Lipinski definition) is 0. The second-order valence-corrected chi connectivity index (χ2v) is 4.90. The summed E-state index contributed by atoms with van der Waals surface area (Å²) in [6.45, 7) is 0. The molecular weight excluding hydrogens is 200 g/mol. The van der Waals surface area contributed by atoms with E-state index in [4.69, 9.17) is 4.74 Å². The van der Waals surface area contributed by atoms with Crippen LogP contribution in [0.2, 0.25) is 0 Å². The lowest BCUT2D eigenvalue weighted by Gasteiger charge is -2.28. The second-order valence-electron chi connectivity index (χ2n) is 4.90. The molecule has 0 N–H and O–H groups in total. The molecule has 16 heavy (non-hydrogen) atoms. The largest absolute Gasteiger partial charge is 0.376 e. The summed E-state index contributed by atoms with van der Waals surface area (Å²) in [5.41, 5.74) is 1.74. The highest BCUT2D eigenvalue weighted by Crippen LogP contribution is 2.56. The van der Waals surface area contributed by atoms with Gasteiger partial charge in [0, 0.05) is 12.7 Å². The van der Waals surface area contributed by atoms with Crippen LogP contribution in [0.1, 0.15) is 47.7 Å². The van der Waals surface area contributed by atoms with E-state index < -0.39 is 0 Å². The normalized spacial score (nSPS) is 26.3. The Morgan fingerprint density at radius 2 is 1.94 bits per heavy atom. The maximum atomic E-state index is 12.5. The zero-order chi connectivity index (χ0) is 11.2. The smallest absolute Gasteiger partial charge is 0.172 e. The molecule has 1 aromatic rings. The van der Waals surface area contributed by atoms with Crippen LogP contribution in [0.5, 0.6) is 0 Å². The van der Waals surface area contributed by atoms with Crippen LogP contribution >= 0.6 is 0 Å². The third kappa shape index (κ3) is 1.08. The lowest BCUT2D eigenvalue weighted by Crippen LogP contribution is -2.29. The van der Waals surface area contributed by atoms with Crippen molar-refractivity contribution in [2.75, 3.05) is 7.11 Å². The van der Waals surface area contributed by atoms with Crippen molar-refractivity contribution in [3.63, 3.8) is 0 Å². The maximum Gasteiger partial charge on any atom is 0.172 e.